The van der Waals surface area contributed by atoms with Crippen LogP contribution in [0.3, 0.4) is 0 Å². The first-order valence-corrected chi connectivity index (χ1v) is 12.5. The topological polar surface area (TPSA) is 87.5 Å². The molecule has 3 aliphatic heterocycles. The number of hydrogen-bond donors (Lipinski definition) is 1. The van der Waals surface area contributed by atoms with Gasteiger partial charge in [0.1, 0.15) is 17.5 Å². The van der Waals surface area contributed by atoms with E-state index in [-0.39, 0.29) is 42.0 Å². The zero-order valence-corrected chi connectivity index (χ0v) is 20.6. The van der Waals surface area contributed by atoms with Crippen molar-refractivity contribution in [3.05, 3.63) is 51.9 Å². The van der Waals surface area contributed by atoms with Crippen molar-refractivity contribution in [2.75, 3.05) is 13.1 Å². The molecule has 2 aromatic heterocycles. The van der Waals surface area contributed by atoms with Crippen LogP contribution in [-0.2, 0) is 29.7 Å². The number of aromatic nitrogens is 2. The molecule has 0 radical (unpaired) electrons. The highest BCUT2D eigenvalue weighted by atomic mass is 35.5. The number of pyridine rings is 1. The van der Waals surface area contributed by atoms with E-state index in [1.165, 1.54) is 4.90 Å². The lowest BCUT2D eigenvalue weighted by Crippen LogP contribution is -2.52. The minimum absolute atomic E-state index is 0.0508. The van der Waals surface area contributed by atoms with E-state index >= 15 is 4.39 Å². The molecule has 8 nitrogen and oxygen atoms in total. The fourth-order valence-electron chi connectivity index (χ4n) is 5.60. The van der Waals surface area contributed by atoms with E-state index in [0.717, 1.165) is 36.9 Å². The van der Waals surface area contributed by atoms with Crippen LogP contribution >= 0.6 is 11.6 Å². The smallest absolute Gasteiger partial charge is 0.255 e. The predicted molar refractivity (Wildman–Crippen MR) is 132 cm³/mol. The number of nitrogens with one attached hydrogen (secondary N) is 1. The largest absolute Gasteiger partial charge is 0.336 e. The van der Waals surface area contributed by atoms with Crippen molar-refractivity contribution in [2.45, 2.75) is 44.8 Å². The molecule has 0 aliphatic carbocycles. The molecule has 3 amide bonds. The van der Waals surface area contributed by atoms with E-state index < -0.39 is 23.7 Å². The fraction of sp³-hybridized carbons (Fsp3) is 0.385. The van der Waals surface area contributed by atoms with Crippen molar-refractivity contribution >= 4 is 40.4 Å². The number of nitrogens with zero attached hydrogens (tertiary/aromatic N) is 4. The first-order chi connectivity index (χ1) is 17.3. The second-order valence-corrected chi connectivity index (χ2v) is 10.1. The molecule has 5 heterocycles. The molecule has 0 spiro atoms. The average molecular weight is 510 g/mol. The van der Waals surface area contributed by atoms with Crippen LogP contribution in [0.2, 0.25) is 5.02 Å². The summed E-state index contributed by atoms with van der Waals surface area (Å²) in [6.07, 6.45) is 4.56. The van der Waals surface area contributed by atoms with Gasteiger partial charge in [-0.15, -0.1) is 0 Å². The van der Waals surface area contributed by atoms with E-state index in [0.29, 0.717) is 22.9 Å². The quantitative estimate of drug-likeness (QED) is 0.545. The van der Waals surface area contributed by atoms with Crippen LogP contribution in [0.15, 0.2) is 24.4 Å². The third kappa shape index (κ3) is 3.60. The standard InChI is InChI=1S/C26H25ClFN5O3/c1-31-11-8-14-17(12-32-9-2-3-10-32)21(27)23(30-24(14)31)16-5-4-15-18(22(16)28)13-33(26(15)36)19-6-7-20(34)29-25(19)35/h4-5,8,11,19H,2-3,6-7,9-10,12-13H2,1H3,(H,29,34,35). The Balaban J connectivity index is 1.41. The summed E-state index contributed by atoms with van der Waals surface area (Å²) in [5, 5.41) is 3.62. The fourth-order valence-corrected chi connectivity index (χ4v) is 5.90. The molecule has 36 heavy (non-hydrogen) atoms. The SMILES string of the molecule is Cn1ccc2c(CN3CCCC3)c(Cl)c(-c3ccc4c(c3F)CN(C3CCC(=O)NC3=O)C4=O)nc21. The molecular formula is C26H25ClFN5O3. The molecule has 0 bridgehead atoms. The first-order valence-electron chi connectivity index (χ1n) is 12.2. The summed E-state index contributed by atoms with van der Waals surface area (Å²) in [6.45, 7) is 2.59. The van der Waals surface area contributed by atoms with Gasteiger partial charge in [0.25, 0.3) is 5.91 Å². The second kappa shape index (κ2) is 8.67. The van der Waals surface area contributed by atoms with Crippen molar-refractivity contribution in [2.24, 2.45) is 7.05 Å². The number of piperidine rings is 1. The summed E-state index contributed by atoms with van der Waals surface area (Å²) in [7, 11) is 1.89. The highest BCUT2D eigenvalue weighted by Gasteiger charge is 2.40. The van der Waals surface area contributed by atoms with Gasteiger partial charge in [-0.1, -0.05) is 11.6 Å². The number of rotatable bonds is 4. The normalized spacial score (nSPS) is 20.5. The number of carbonyl (C=O) groups excluding carboxylic acids is 3. The maximum atomic E-state index is 16.0. The molecular weight excluding hydrogens is 485 g/mol. The van der Waals surface area contributed by atoms with E-state index in [4.69, 9.17) is 16.6 Å². The van der Waals surface area contributed by atoms with Gasteiger partial charge in [0.2, 0.25) is 11.8 Å². The summed E-state index contributed by atoms with van der Waals surface area (Å²) in [4.78, 5) is 45.4. The summed E-state index contributed by atoms with van der Waals surface area (Å²) in [6, 6.07) is 4.30. The summed E-state index contributed by atoms with van der Waals surface area (Å²) < 4.78 is 17.9. The van der Waals surface area contributed by atoms with Crippen LogP contribution in [-0.4, -0.2) is 56.2 Å². The van der Waals surface area contributed by atoms with Crippen LogP contribution in [0.4, 0.5) is 4.39 Å². The van der Waals surface area contributed by atoms with Crippen molar-refractivity contribution in [3.8, 4) is 11.3 Å². The third-order valence-corrected chi connectivity index (χ3v) is 7.95. The first kappa shape index (κ1) is 23.1. The lowest BCUT2D eigenvalue weighted by molar-refractivity contribution is -0.136. The Labute approximate surface area is 212 Å². The Morgan fingerprint density at radius 2 is 1.89 bits per heavy atom. The monoisotopic (exact) mass is 509 g/mol. The Morgan fingerprint density at radius 1 is 1.14 bits per heavy atom. The van der Waals surface area contributed by atoms with Gasteiger partial charge >= 0.3 is 0 Å². The van der Waals surface area contributed by atoms with E-state index in [1.54, 1.807) is 12.1 Å². The molecule has 3 aromatic rings. The van der Waals surface area contributed by atoms with Gasteiger partial charge in [0.05, 0.1) is 17.3 Å². The Hall–Kier alpha value is -3.30. The van der Waals surface area contributed by atoms with Gasteiger partial charge < -0.3 is 9.47 Å². The Kier molecular flexibility index (Phi) is 5.57. The zero-order valence-electron chi connectivity index (χ0n) is 19.8. The molecule has 10 heteroatoms. The van der Waals surface area contributed by atoms with Crippen LogP contribution in [0.25, 0.3) is 22.3 Å². The highest BCUT2D eigenvalue weighted by molar-refractivity contribution is 6.34. The van der Waals surface area contributed by atoms with E-state index in [1.807, 2.05) is 23.9 Å². The highest BCUT2D eigenvalue weighted by Crippen LogP contribution is 2.39. The maximum Gasteiger partial charge on any atom is 0.255 e. The molecule has 1 N–H and O–H groups in total. The summed E-state index contributed by atoms with van der Waals surface area (Å²) in [5.74, 6) is -1.88. The van der Waals surface area contributed by atoms with Gasteiger partial charge in [-0.2, -0.15) is 0 Å². The maximum absolute atomic E-state index is 16.0. The van der Waals surface area contributed by atoms with Crippen LogP contribution in [0.5, 0.6) is 0 Å². The lowest BCUT2D eigenvalue weighted by atomic mass is 10.0. The molecule has 2 saturated heterocycles. The molecule has 3 aliphatic rings. The van der Waals surface area contributed by atoms with E-state index in [9.17, 15) is 14.4 Å². The van der Waals surface area contributed by atoms with Crippen molar-refractivity contribution in [1.29, 1.82) is 0 Å². The van der Waals surface area contributed by atoms with Gasteiger partial charge in [-0.05, 0) is 56.1 Å². The van der Waals surface area contributed by atoms with E-state index in [2.05, 4.69) is 10.2 Å². The number of amides is 3. The van der Waals surface area contributed by atoms with Crippen LogP contribution in [0.1, 0.15) is 47.2 Å². The number of benzene rings is 1. The zero-order chi connectivity index (χ0) is 25.1. The number of likely N-dealkylation sites (tertiary alicyclic amines) is 1. The van der Waals surface area contributed by atoms with Crippen LogP contribution in [0, 0.1) is 5.82 Å². The Bertz CT molecular complexity index is 1450. The van der Waals surface area contributed by atoms with Crippen molar-refractivity contribution in [3.63, 3.8) is 0 Å². The lowest BCUT2D eigenvalue weighted by Gasteiger charge is -2.29. The molecule has 1 atom stereocenters. The number of aryl methyl sites for hydroxylation is 1. The van der Waals surface area contributed by atoms with Gasteiger partial charge in [-0.3, -0.25) is 24.6 Å². The molecule has 186 valence electrons. The van der Waals surface area contributed by atoms with Crippen LogP contribution < -0.4 is 5.32 Å². The molecule has 0 saturated carbocycles. The minimum Gasteiger partial charge on any atom is -0.336 e. The molecule has 2 fully saturated rings. The number of halogens is 2. The number of imide groups is 1. The third-order valence-electron chi connectivity index (χ3n) is 7.54. The molecule has 6 rings (SSSR count). The van der Waals surface area contributed by atoms with Gasteiger partial charge in [0, 0.05) is 48.3 Å². The number of fused-ring (bicyclic) bond motifs is 2. The van der Waals surface area contributed by atoms with Crippen molar-refractivity contribution < 1.29 is 18.8 Å². The second-order valence-electron chi connectivity index (χ2n) is 9.75. The summed E-state index contributed by atoms with van der Waals surface area (Å²) >= 11 is 6.92. The summed E-state index contributed by atoms with van der Waals surface area (Å²) in [5.41, 5.74) is 2.63. The number of carbonyl (C=O) groups is 3. The molecule has 1 aromatic carbocycles. The van der Waals surface area contributed by atoms with Gasteiger partial charge in [0.15, 0.2) is 0 Å². The number of hydrogen-bond acceptors (Lipinski definition) is 5. The molecule has 1 unspecified atom stereocenters. The Morgan fingerprint density at radius 3 is 2.64 bits per heavy atom. The minimum atomic E-state index is -0.807. The average Bonchev–Trinajstić information content (AvgIpc) is 3.57. The van der Waals surface area contributed by atoms with Gasteiger partial charge in [-0.25, -0.2) is 9.37 Å². The van der Waals surface area contributed by atoms with Crippen molar-refractivity contribution in [1.82, 2.24) is 24.7 Å². The predicted octanol–water partition coefficient (Wildman–Crippen LogP) is 3.39.